The molecule has 0 saturated heterocycles. The summed E-state index contributed by atoms with van der Waals surface area (Å²) in [4.78, 5) is 12.2. The molecule has 0 radical (unpaired) electrons. The molecule has 0 amide bonds. The molecule has 1 fully saturated rings. The third-order valence-electron chi connectivity index (χ3n) is 3.67. The molecule has 0 spiro atoms. The number of carbonyl (C=O) groups excluding carboxylic acids is 1. The van der Waals surface area contributed by atoms with Gasteiger partial charge in [0.2, 0.25) is 0 Å². The summed E-state index contributed by atoms with van der Waals surface area (Å²) in [6, 6.07) is 9.72. The lowest BCUT2D eigenvalue weighted by Gasteiger charge is -2.23. The molecule has 1 saturated carbocycles. The maximum absolute atomic E-state index is 12.2. The first kappa shape index (κ1) is 12.3. The summed E-state index contributed by atoms with van der Waals surface area (Å²) in [7, 11) is 0. The maximum atomic E-state index is 12.2. The molecule has 1 atom stereocenters. The molecular weight excluding hydrogens is 210 g/mol. The van der Waals surface area contributed by atoms with Crippen LogP contribution in [-0.2, 0) is 11.2 Å². The molecule has 2 rings (SSSR count). The van der Waals surface area contributed by atoms with Crippen LogP contribution in [0.5, 0.6) is 0 Å². The molecule has 1 aromatic carbocycles. The van der Waals surface area contributed by atoms with Crippen LogP contribution in [0.3, 0.4) is 0 Å². The Kier molecular flexibility index (Phi) is 4.32. The lowest BCUT2D eigenvalue weighted by atomic mass is 9.83. The van der Waals surface area contributed by atoms with E-state index in [0.717, 1.165) is 18.4 Å². The number of nitrogens with two attached hydrogens (primary N) is 1. The first-order valence-electron chi connectivity index (χ1n) is 6.60. The Morgan fingerprint density at radius 1 is 1.18 bits per heavy atom. The van der Waals surface area contributed by atoms with Crippen LogP contribution in [0.15, 0.2) is 30.3 Å². The van der Waals surface area contributed by atoms with E-state index in [1.54, 1.807) is 0 Å². The zero-order valence-electron chi connectivity index (χ0n) is 10.3. The molecule has 92 valence electrons. The minimum atomic E-state index is -0.319. The smallest absolute Gasteiger partial charge is 0.152 e. The van der Waals surface area contributed by atoms with Crippen LogP contribution in [0.4, 0.5) is 0 Å². The number of rotatable bonds is 4. The number of benzene rings is 1. The van der Waals surface area contributed by atoms with Gasteiger partial charge in [-0.25, -0.2) is 0 Å². The molecule has 2 N–H and O–H groups in total. The van der Waals surface area contributed by atoms with Crippen LogP contribution in [0.2, 0.25) is 0 Å². The molecule has 0 aliphatic heterocycles. The standard InChI is InChI=1S/C15H21NO/c16-14(11-12-7-3-1-4-8-12)15(17)13-9-5-2-6-10-13/h1,3-4,7-8,13-14H,2,5-6,9-11,16H2/t14-/m0/s1. The molecule has 0 unspecified atom stereocenters. The minimum Gasteiger partial charge on any atom is -0.321 e. The van der Waals surface area contributed by atoms with E-state index in [-0.39, 0.29) is 17.7 Å². The number of carbonyl (C=O) groups is 1. The third kappa shape index (κ3) is 3.40. The van der Waals surface area contributed by atoms with E-state index < -0.39 is 0 Å². The van der Waals surface area contributed by atoms with Gasteiger partial charge < -0.3 is 5.73 Å². The Labute approximate surface area is 103 Å². The highest BCUT2D eigenvalue weighted by atomic mass is 16.1. The molecule has 2 heteroatoms. The first-order chi connectivity index (χ1) is 8.27. The number of hydrogen-bond donors (Lipinski definition) is 1. The van der Waals surface area contributed by atoms with Crippen LogP contribution in [-0.4, -0.2) is 11.8 Å². The Hall–Kier alpha value is -1.15. The molecule has 1 aliphatic rings. The molecule has 2 nitrogen and oxygen atoms in total. The molecule has 1 aliphatic carbocycles. The Balaban J connectivity index is 1.90. The summed E-state index contributed by atoms with van der Waals surface area (Å²) < 4.78 is 0. The fourth-order valence-corrected chi connectivity index (χ4v) is 2.66. The predicted octanol–water partition coefficient (Wildman–Crippen LogP) is 2.71. The van der Waals surface area contributed by atoms with Crippen molar-refractivity contribution in [1.82, 2.24) is 0 Å². The molecular formula is C15H21NO. The van der Waals surface area contributed by atoms with Crippen LogP contribution in [0, 0.1) is 5.92 Å². The summed E-state index contributed by atoms with van der Waals surface area (Å²) in [5, 5.41) is 0. The second kappa shape index (κ2) is 5.97. The van der Waals surface area contributed by atoms with Crippen molar-refractivity contribution >= 4 is 5.78 Å². The van der Waals surface area contributed by atoms with Gasteiger partial charge in [0, 0.05) is 5.92 Å². The fraction of sp³-hybridized carbons (Fsp3) is 0.533. The van der Waals surface area contributed by atoms with Gasteiger partial charge in [-0.15, -0.1) is 0 Å². The second-order valence-electron chi connectivity index (χ2n) is 5.03. The van der Waals surface area contributed by atoms with E-state index in [1.165, 1.54) is 19.3 Å². The van der Waals surface area contributed by atoms with Crippen molar-refractivity contribution in [2.75, 3.05) is 0 Å². The number of Topliss-reactive ketones (excluding diaryl/α,β-unsaturated/α-hetero) is 1. The van der Waals surface area contributed by atoms with Crippen molar-refractivity contribution in [3.8, 4) is 0 Å². The zero-order chi connectivity index (χ0) is 12.1. The van der Waals surface area contributed by atoms with Gasteiger partial charge in [-0.2, -0.15) is 0 Å². The van der Waals surface area contributed by atoms with Gasteiger partial charge in [-0.05, 0) is 24.8 Å². The largest absolute Gasteiger partial charge is 0.321 e. The van der Waals surface area contributed by atoms with Crippen LogP contribution >= 0.6 is 0 Å². The fourth-order valence-electron chi connectivity index (χ4n) is 2.66. The Bertz CT molecular complexity index is 354. The lowest BCUT2D eigenvalue weighted by Crippen LogP contribution is -2.38. The van der Waals surface area contributed by atoms with Crippen molar-refractivity contribution in [1.29, 1.82) is 0 Å². The van der Waals surface area contributed by atoms with Gasteiger partial charge in [0.15, 0.2) is 5.78 Å². The topological polar surface area (TPSA) is 43.1 Å². The van der Waals surface area contributed by atoms with E-state index in [9.17, 15) is 4.79 Å². The van der Waals surface area contributed by atoms with Gasteiger partial charge in [-0.3, -0.25) is 4.79 Å². The molecule has 0 heterocycles. The highest BCUT2D eigenvalue weighted by molar-refractivity contribution is 5.86. The van der Waals surface area contributed by atoms with E-state index in [0.29, 0.717) is 6.42 Å². The average Bonchev–Trinajstić information content (AvgIpc) is 2.40. The van der Waals surface area contributed by atoms with Crippen LogP contribution in [0.25, 0.3) is 0 Å². The average molecular weight is 231 g/mol. The molecule has 0 aromatic heterocycles. The molecule has 0 bridgehead atoms. The van der Waals surface area contributed by atoms with Crippen molar-refractivity contribution in [2.24, 2.45) is 11.7 Å². The van der Waals surface area contributed by atoms with Crippen LogP contribution in [0.1, 0.15) is 37.7 Å². The van der Waals surface area contributed by atoms with Crippen molar-refractivity contribution < 1.29 is 4.79 Å². The van der Waals surface area contributed by atoms with Gasteiger partial charge in [-0.1, -0.05) is 49.6 Å². The summed E-state index contributed by atoms with van der Waals surface area (Å²) in [5.41, 5.74) is 7.19. The second-order valence-corrected chi connectivity index (χ2v) is 5.03. The monoisotopic (exact) mass is 231 g/mol. The SMILES string of the molecule is N[C@@H](Cc1ccccc1)C(=O)C1CCCCC1. The van der Waals surface area contributed by atoms with Crippen molar-refractivity contribution in [2.45, 2.75) is 44.6 Å². The Morgan fingerprint density at radius 2 is 1.82 bits per heavy atom. The molecule has 17 heavy (non-hydrogen) atoms. The van der Waals surface area contributed by atoms with E-state index in [2.05, 4.69) is 0 Å². The summed E-state index contributed by atoms with van der Waals surface area (Å²) >= 11 is 0. The highest BCUT2D eigenvalue weighted by Gasteiger charge is 2.25. The van der Waals surface area contributed by atoms with Crippen molar-refractivity contribution in [3.63, 3.8) is 0 Å². The maximum Gasteiger partial charge on any atom is 0.152 e. The lowest BCUT2D eigenvalue weighted by molar-refractivity contribution is -0.125. The quantitative estimate of drug-likeness (QED) is 0.865. The van der Waals surface area contributed by atoms with Gasteiger partial charge in [0.25, 0.3) is 0 Å². The van der Waals surface area contributed by atoms with E-state index in [1.807, 2.05) is 30.3 Å². The highest BCUT2D eigenvalue weighted by Crippen LogP contribution is 2.25. The number of ketones is 1. The third-order valence-corrected chi connectivity index (χ3v) is 3.67. The Morgan fingerprint density at radius 3 is 2.47 bits per heavy atom. The summed E-state index contributed by atoms with van der Waals surface area (Å²) in [6.45, 7) is 0. The van der Waals surface area contributed by atoms with Crippen molar-refractivity contribution in [3.05, 3.63) is 35.9 Å². The van der Waals surface area contributed by atoms with Crippen LogP contribution < -0.4 is 5.73 Å². The van der Waals surface area contributed by atoms with E-state index in [4.69, 9.17) is 5.73 Å². The molecule has 1 aromatic rings. The van der Waals surface area contributed by atoms with Gasteiger partial charge in [0.1, 0.15) is 0 Å². The van der Waals surface area contributed by atoms with Gasteiger partial charge >= 0.3 is 0 Å². The number of hydrogen-bond acceptors (Lipinski definition) is 2. The minimum absolute atomic E-state index is 0.225. The zero-order valence-corrected chi connectivity index (χ0v) is 10.3. The first-order valence-corrected chi connectivity index (χ1v) is 6.60. The van der Waals surface area contributed by atoms with Gasteiger partial charge in [0.05, 0.1) is 6.04 Å². The summed E-state index contributed by atoms with van der Waals surface area (Å²) in [5.74, 6) is 0.496. The normalized spacial score (nSPS) is 18.9. The van der Waals surface area contributed by atoms with E-state index >= 15 is 0 Å². The summed E-state index contributed by atoms with van der Waals surface area (Å²) in [6.07, 6.45) is 6.42. The predicted molar refractivity (Wildman–Crippen MR) is 69.7 cm³/mol.